The second-order valence-corrected chi connectivity index (χ2v) is 10.6. The number of benzene rings is 3. The second-order valence-electron chi connectivity index (χ2n) is 10.6. The van der Waals surface area contributed by atoms with Crippen molar-refractivity contribution in [1.29, 1.82) is 0 Å². The van der Waals surface area contributed by atoms with E-state index in [-0.39, 0.29) is 18.1 Å². The third kappa shape index (κ3) is 5.86. The molecule has 5 aromatic rings. The number of fused-ring (bicyclic) bond motifs is 1. The van der Waals surface area contributed by atoms with E-state index < -0.39 is 0 Å². The normalized spacial score (nSPS) is 14.0. The highest BCUT2D eigenvalue weighted by atomic mass is 19.1. The van der Waals surface area contributed by atoms with E-state index in [2.05, 4.69) is 71.0 Å². The van der Waals surface area contributed by atoms with E-state index in [0.717, 1.165) is 52.6 Å². The molecule has 6 nitrogen and oxygen atoms in total. The van der Waals surface area contributed by atoms with Gasteiger partial charge in [-0.2, -0.15) is 0 Å². The van der Waals surface area contributed by atoms with Crippen molar-refractivity contribution in [1.82, 2.24) is 19.2 Å². The molecule has 0 N–H and O–H groups in total. The van der Waals surface area contributed by atoms with Gasteiger partial charge >= 0.3 is 0 Å². The SMILES string of the molecule is COc1ccc(-c2nc3ccc(-c4cccc(C)c4)cn3c2CN2CCN(C(=O)Cc3ccc(F)cc3)CC2)cc1. The van der Waals surface area contributed by atoms with E-state index in [9.17, 15) is 9.18 Å². The van der Waals surface area contributed by atoms with Gasteiger partial charge in [-0.05, 0) is 72.1 Å². The van der Waals surface area contributed by atoms with Gasteiger partial charge in [0.15, 0.2) is 0 Å². The summed E-state index contributed by atoms with van der Waals surface area (Å²) in [6.45, 7) is 5.66. The summed E-state index contributed by atoms with van der Waals surface area (Å²) < 4.78 is 20.8. The summed E-state index contributed by atoms with van der Waals surface area (Å²) in [6.07, 6.45) is 2.47. The quantitative estimate of drug-likeness (QED) is 0.250. The van der Waals surface area contributed by atoms with Gasteiger partial charge in [-0.3, -0.25) is 9.69 Å². The summed E-state index contributed by atoms with van der Waals surface area (Å²) in [5.74, 6) is 0.595. The molecule has 3 aromatic carbocycles. The number of halogens is 1. The molecule has 7 heteroatoms. The molecule has 6 rings (SSSR count). The van der Waals surface area contributed by atoms with Crippen molar-refractivity contribution < 1.29 is 13.9 Å². The van der Waals surface area contributed by atoms with E-state index in [1.807, 2.05) is 17.0 Å². The molecule has 1 saturated heterocycles. The predicted octanol–water partition coefficient (Wildman–Crippen LogP) is 6.01. The van der Waals surface area contributed by atoms with Crippen LogP contribution in [0, 0.1) is 12.7 Å². The number of amides is 1. The fourth-order valence-corrected chi connectivity index (χ4v) is 5.48. The van der Waals surface area contributed by atoms with Crippen molar-refractivity contribution in [2.45, 2.75) is 19.9 Å². The highest BCUT2D eigenvalue weighted by Gasteiger charge is 2.24. The number of aryl methyl sites for hydroxylation is 1. The average molecular weight is 549 g/mol. The number of carbonyl (C=O) groups excluding carboxylic acids is 1. The molecule has 1 amide bonds. The number of hydrogen-bond acceptors (Lipinski definition) is 4. The molecule has 0 atom stereocenters. The Morgan fingerprint density at radius 3 is 2.32 bits per heavy atom. The molecule has 0 bridgehead atoms. The van der Waals surface area contributed by atoms with Gasteiger partial charge in [-0.1, -0.05) is 42.0 Å². The van der Waals surface area contributed by atoms with Crippen molar-refractivity contribution in [3.05, 3.63) is 114 Å². The molecule has 3 heterocycles. The fourth-order valence-electron chi connectivity index (χ4n) is 5.48. The summed E-state index contributed by atoms with van der Waals surface area (Å²) in [6, 6.07) is 26.9. The molecule has 41 heavy (non-hydrogen) atoms. The Bertz CT molecular complexity index is 1670. The van der Waals surface area contributed by atoms with E-state index in [1.54, 1.807) is 19.2 Å². The molecule has 2 aromatic heterocycles. The van der Waals surface area contributed by atoms with E-state index in [0.29, 0.717) is 19.6 Å². The third-order valence-electron chi connectivity index (χ3n) is 7.80. The van der Waals surface area contributed by atoms with Crippen LogP contribution in [0.4, 0.5) is 4.39 Å². The number of carbonyl (C=O) groups is 1. The lowest BCUT2D eigenvalue weighted by atomic mass is 10.1. The number of ether oxygens (including phenoxy) is 1. The molecule has 1 fully saturated rings. The Kier molecular flexibility index (Phi) is 7.53. The molecular formula is C34H33FN4O2. The first kappa shape index (κ1) is 26.7. The lowest BCUT2D eigenvalue weighted by Crippen LogP contribution is -2.48. The number of methoxy groups -OCH3 is 1. The van der Waals surface area contributed by atoms with Gasteiger partial charge in [0, 0.05) is 44.5 Å². The summed E-state index contributed by atoms with van der Waals surface area (Å²) >= 11 is 0. The Morgan fingerprint density at radius 1 is 0.878 bits per heavy atom. The van der Waals surface area contributed by atoms with Crippen LogP contribution in [0.1, 0.15) is 16.8 Å². The maximum atomic E-state index is 13.3. The zero-order chi connectivity index (χ0) is 28.3. The maximum absolute atomic E-state index is 13.3. The average Bonchev–Trinajstić information content (AvgIpc) is 3.36. The van der Waals surface area contributed by atoms with E-state index in [4.69, 9.17) is 9.72 Å². The fraction of sp³-hybridized carbons (Fsp3) is 0.235. The molecule has 0 saturated carbocycles. The topological polar surface area (TPSA) is 50.1 Å². The molecule has 0 spiro atoms. The highest BCUT2D eigenvalue weighted by Crippen LogP contribution is 2.30. The second kappa shape index (κ2) is 11.6. The van der Waals surface area contributed by atoms with Crippen molar-refractivity contribution in [2.24, 2.45) is 0 Å². The number of rotatable bonds is 7. The van der Waals surface area contributed by atoms with Crippen molar-refractivity contribution in [3.8, 4) is 28.1 Å². The van der Waals surface area contributed by atoms with Gasteiger partial charge in [0.2, 0.25) is 5.91 Å². The van der Waals surface area contributed by atoms with Crippen LogP contribution >= 0.6 is 0 Å². The van der Waals surface area contributed by atoms with Crippen LogP contribution < -0.4 is 4.74 Å². The van der Waals surface area contributed by atoms with Crippen LogP contribution in [0.3, 0.4) is 0 Å². The lowest BCUT2D eigenvalue weighted by molar-refractivity contribution is -0.132. The first-order chi connectivity index (χ1) is 20.0. The van der Waals surface area contributed by atoms with Gasteiger partial charge in [-0.25, -0.2) is 9.37 Å². The van der Waals surface area contributed by atoms with Gasteiger partial charge in [0.05, 0.1) is 24.9 Å². The van der Waals surface area contributed by atoms with Gasteiger partial charge in [0.1, 0.15) is 17.2 Å². The number of pyridine rings is 1. The van der Waals surface area contributed by atoms with Crippen LogP contribution in [0.5, 0.6) is 5.75 Å². The van der Waals surface area contributed by atoms with Crippen LogP contribution in [0.2, 0.25) is 0 Å². The number of piperazine rings is 1. The Balaban J connectivity index is 1.26. The van der Waals surface area contributed by atoms with Crippen LogP contribution in [0.15, 0.2) is 91.1 Å². The maximum Gasteiger partial charge on any atom is 0.227 e. The highest BCUT2D eigenvalue weighted by molar-refractivity contribution is 5.79. The first-order valence-corrected chi connectivity index (χ1v) is 13.9. The van der Waals surface area contributed by atoms with Gasteiger partial charge in [0.25, 0.3) is 0 Å². The third-order valence-corrected chi connectivity index (χ3v) is 7.80. The molecule has 1 aliphatic rings. The minimum atomic E-state index is -0.290. The Hall–Kier alpha value is -4.49. The summed E-state index contributed by atoms with van der Waals surface area (Å²) in [7, 11) is 1.67. The zero-order valence-electron chi connectivity index (χ0n) is 23.4. The lowest BCUT2D eigenvalue weighted by Gasteiger charge is -2.35. The standard InChI is InChI=1S/C34H33FN4O2/c1-24-4-3-5-27(20-24)28-10-15-32-36-34(26-8-13-30(41-2)14-9-26)31(39(32)22-28)23-37-16-18-38(19-17-37)33(40)21-25-6-11-29(35)12-7-25/h3-15,20,22H,16-19,21,23H2,1-2H3. The molecule has 208 valence electrons. The molecular weight excluding hydrogens is 515 g/mol. The van der Waals surface area contributed by atoms with Crippen LogP contribution in [-0.4, -0.2) is 58.4 Å². The summed E-state index contributed by atoms with van der Waals surface area (Å²) in [5.41, 5.74) is 8.36. The molecule has 0 aliphatic carbocycles. The van der Waals surface area contributed by atoms with Crippen LogP contribution in [-0.2, 0) is 17.8 Å². The molecule has 0 radical (unpaired) electrons. The molecule has 1 aliphatic heterocycles. The van der Waals surface area contributed by atoms with Crippen molar-refractivity contribution in [3.63, 3.8) is 0 Å². The van der Waals surface area contributed by atoms with Gasteiger partial charge < -0.3 is 14.0 Å². The Labute approximate surface area is 239 Å². The number of nitrogens with zero attached hydrogens (tertiary/aromatic N) is 4. The molecule has 0 unspecified atom stereocenters. The van der Waals surface area contributed by atoms with E-state index >= 15 is 0 Å². The van der Waals surface area contributed by atoms with Crippen molar-refractivity contribution in [2.75, 3.05) is 33.3 Å². The van der Waals surface area contributed by atoms with Crippen molar-refractivity contribution >= 4 is 11.6 Å². The predicted molar refractivity (Wildman–Crippen MR) is 159 cm³/mol. The summed E-state index contributed by atoms with van der Waals surface area (Å²) in [4.78, 5) is 22.3. The smallest absolute Gasteiger partial charge is 0.227 e. The first-order valence-electron chi connectivity index (χ1n) is 13.9. The zero-order valence-corrected chi connectivity index (χ0v) is 23.4. The monoisotopic (exact) mass is 548 g/mol. The largest absolute Gasteiger partial charge is 0.497 e. The number of aromatic nitrogens is 2. The van der Waals surface area contributed by atoms with Crippen LogP contribution in [0.25, 0.3) is 28.0 Å². The van der Waals surface area contributed by atoms with Gasteiger partial charge in [-0.15, -0.1) is 0 Å². The number of imidazole rings is 1. The summed E-state index contributed by atoms with van der Waals surface area (Å²) in [5, 5.41) is 0. The minimum absolute atomic E-state index is 0.0766. The minimum Gasteiger partial charge on any atom is -0.497 e. The number of hydrogen-bond donors (Lipinski definition) is 0. The Morgan fingerprint density at radius 2 is 1.61 bits per heavy atom. The van der Waals surface area contributed by atoms with E-state index in [1.165, 1.54) is 23.3 Å².